The first-order valence-electron chi connectivity index (χ1n) is 10.4. The average Bonchev–Trinajstić information content (AvgIpc) is 3.20. The van der Waals surface area contributed by atoms with Crippen molar-refractivity contribution in [1.29, 1.82) is 0 Å². The predicted octanol–water partition coefficient (Wildman–Crippen LogP) is 5.13. The molecule has 148 valence electrons. The van der Waals surface area contributed by atoms with Crippen molar-refractivity contribution in [3.63, 3.8) is 0 Å². The Morgan fingerprint density at radius 3 is 2.48 bits per heavy atom. The van der Waals surface area contributed by atoms with Gasteiger partial charge in [0.1, 0.15) is 11.5 Å². The van der Waals surface area contributed by atoms with E-state index in [9.17, 15) is 0 Å². The fourth-order valence-electron chi connectivity index (χ4n) is 4.12. The first kappa shape index (κ1) is 17.9. The number of piperidine rings is 1. The van der Waals surface area contributed by atoms with Gasteiger partial charge in [-0.3, -0.25) is 4.40 Å². The predicted molar refractivity (Wildman–Crippen MR) is 118 cm³/mol. The lowest BCUT2D eigenvalue weighted by Crippen LogP contribution is -2.29. The van der Waals surface area contributed by atoms with E-state index in [4.69, 9.17) is 4.98 Å². The van der Waals surface area contributed by atoms with E-state index in [1.165, 1.54) is 30.6 Å². The third-order valence-electron chi connectivity index (χ3n) is 5.68. The highest BCUT2D eigenvalue weighted by atomic mass is 15.2. The minimum absolute atomic E-state index is 0.415. The molecule has 1 N–H and O–H groups in total. The van der Waals surface area contributed by atoms with Gasteiger partial charge in [-0.1, -0.05) is 13.8 Å². The summed E-state index contributed by atoms with van der Waals surface area (Å²) in [6.45, 7) is 6.64. The Morgan fingerprint density at radius 2 is 1.72 bits per heavy atom. The van der Waals surface area contributed by atoms with Crippen molar-refractivity contribution < 1.29 is 0 Å². The Bertz CT molecular complexity index is 1140. The topological polar surface area (TPSA) is 58.4 Å². The molecule has 29 heavy (non-hydrogen) atoms. The summed E-state index contributed by atoms with van der Waals surface area (Å²) >= 11 is 0. The van der Waals surface area contributed by atoms with Crippen LogP contribution in [0.4, 0.5) is 17.5 Å². The van der Waals surface area contributed by atoms with Gasteiger partial charge in [0.25, 0.3) is 0 Å². The molecule has 5 rings (SSSR count). The molecule has 0 atom stereocenters. The van der Waals surface area contributed by atoms with Gasteiger partial charge in [0.05, 0.1) is 11.9 Å². The largest absolute Gasteiger partial charge is 0.370 e. The second-order valence-electron chi connectivity index (χ2n) is 8.05. The lowest BCUT2D eigenvalue weighted by Gasteiger charge is -2.28. The maximum atomic E-state index is 4.82. The number of hydrogen-bond donors (Lipinski definition) is 1. The molecular weight excluding hydrogens is 360 g/mol. The van der Waals surface area contributed by atoms with Crippen LogP contribution in [-0.4, -0.2) is 32.4 Å². The highest BCUT2D eigenvalue weighted by Crippen LogP contribution is 2.25. The number of pyridine rings is 2. The summed E-state index contributed by atoms with van der Waals surface area (Å²) in [4.78, 5) is 16.3. The number of nitrogens with zero attached hydrogens (tertiary/aromatic N) is 5. The zero-order valence-corrected chi connectivity index (χ0v) is 17.0. The van der Waals surface area contributed by atoms with Gasteiger partial charge in [0, 0.05) is 35.9 Å². The summed E-state index contributed by atoms with van der Waals surface area (Å²) < 4.78 is 2.22. The van der Waals surface area contributed by atoms with Gasteiger partial charge in [0.15, 0.2) is 0 Å². The summed E-state index contributed by atoms with van der Waals surface area (Å²) in [7, 11) is 0. The molecule has 4 aromatic heterocycles. The van der Waals surface area contributed by atoms with E-state index in [0.717, 1.165) is 35.5 Å². The molecular formula is C23H26N6. The molecule has 0 bridgehead atoms. The second kappa shape index (κ2) is 7.35. The van der Waals surface area contributed by atoms with E-state index in [-0.39, 0.29) is 0 Å². The first-order chi connectivity index (χ1) is 14.2. The van der Waals surface area contributed by atoms with Crippen molar-refractivity contribution in [2.45, 2.75) is 39.0 Å². The molecule has 1 saturated heterocycles. The summed E-state index contributed by atoms with van der Waals surface area (Å²) in [5.41, 5.74) is 4.50. The summed E-state index contributed by atoms with van der Waals surface area (Å²) in [6.07, 6.45) is 7.66. The number of rotatable bonds is 4. The van der Waals surface area contributed by atoms with Gasteiger partial charge in [-0.05, 0) is 61.6 Å². The van der Waals surface area contributed by atoms with Crippen molar-refractivity contribution in [3.8, 4) is 0 Å². The maximum absolute atomic E-state index is 4.82. The molecule has 1 aliphatic heterocycles. The lowest BCUT2D eigenvalue weighted by molar-refractivity contribution is 0.577. The quantitative estimate of drug-likeness (QED) is 0.527. The molecule has 6 nitrogen and oxygen atoms in total. The summed E-state index contributed by atoms with van der Waals surface area (Å²) in [5, 5.41) is 4.29. The van der Waals surface area contributed by atoms with E-state index in [1.807, 2.05) is 18.5 Å². The monoisotopic (exact) mass is 386 g/mol. The molecule has 0 aromatic carbocycles. The maximum Gasteiger partial charge on any atom is 0.230 e. The Kier molecular flexibility index (Phi) is 4.54. The van der Waals surface area contributed by atoms with Crippen LogP contribution in [0.25, 0.3) is 16.6 Å². The third kappa shape index (κ3) is 3.39. The lowest BCUT2D eigenvalue weighted by atomic mass is 10.1. The van der Waals surface area contributed by atoms with E-state index < -0.39 is 0 Å². The Morgan fingerprint density at radius 1 is 0.897 bits per heavy atom. The van der Waals surface area contributed by atoms with E-state index in [0.29, 0.717) is 11.9 Å². The molecule has 6 heteroatoms. The van der Waals surface area contributed by atoms with Gasteiger partial charge >= 0.3 is 0 Å². The molecule has 5 heterocycles. The van der Waals surface area contributed by atoms with Gasteiger partial charge < -0.3 is 10.2 Å². The van der Waals surface area contributed by atoms with Crippen LogP contribution in [0, 0.1) is 0 Å². The van der Waals surface area contributed by atoms with Crippen LogP contribution in [0.3, 0.4) is 0 Å². The smallest absolute Gasteiger partial charge is 0.230 e. The van der Waals surface area contributed by atoms with Crippen LogP contribution in [0.5, 0.6) is 0 Å². The van der Waals surface area contributed by atoms with Crippen molar-refractivity contribution in [1.82, 2.24) is 19.4 Å². The van der Waals surface area contributed by atoms with Crippen LogP contribution >= 0.6 is 0 Å². The number of aromatic nitrogens is 4. The zero-order chi connectivity index (χ0) is 19.8. The molecule has 0 spiro atoms. The highest BCUT2D eigenvalue weighted by Gasteiger charge is 2.13. The van der Waals surface area contributed by atoms with Crippen molar-refractivity contribution in [2.24, 2.45) is 0 Å². The number of anilines is 3. The summed E-state index contributed by atoms with van der Waals surface area (Å²) in [5.74, 6) is 1.74. The van der Waals surface area contributed by atoms with Crippen LogP contribution in [-0.2, 0) is 0 Å². The Labute approximate surface area is 170 Å². The zero-order valence-electron chi connectivity index (χ0n) is 17.0. The van der Waals surface area contributed by atoms with Crippen LogP contribution in [0.15, 0.2) is 48.8 Å². The standard InChI is InChI=1S/C23H26N6/c1-16(2)20-10-8-18-7-6-17-14-25-23(27-22(17)29(18)20)26-21-11-9-19(15-24-21)28-12-4-3-5-13-28/h6-11,14-16H,3-5,12-13H2,1-2H3,(H,24,25,26,27). The minimum atomic E-state index is 0.415. The number of nitrogens with one attached hydrogen (secondary N) is 1. The van der Waals surface area contributed by atoms with Crippen LogP contribution in [0.1, 0.15) is 44.7 Å². The van der Waals surface area contributed by atoms with Crippen molar-refractivity contribution in [2.75, 3.05) is 23.3 Å². The Balaban J connectivity index is 1.46. The van der Waals surface area contributed by atoms with Gasteiger partial charge in [-0.2, -0.15) is 4.98 Å². The average molecular weight is 387 g/mol. The minimum Gasteiger partial charge on any atom is -0.370 e. The van der Waals surface area contributed by atoms with Crippen LogP contribution in [0.2, 0.25) is 0 Å². The fraction of sp³-hybridized carbons (Fsp3) is 0.348. The molecule has 0 radical (unpaired) electrons. The second-order valence-corrected chi connectivity index (χ2v) is 8.05. The SMILES string of the molecule is CC(C)c1ccc2ccc3cnc(Nc4ccc(N5CCCCC5)cn4)nc3n12. The van der Waals surface area contributed by atoms with E-state index >= 15 is 0 Å². The molecule has 1 aliphatic rings. The molecule has 0 unspecified atom stereocenters. The number of hydrogen-bond acceptors (Lipinski definition) is 5. The van der Waals surface area contributed by atoms with Gasteiger partial charge in [-0.25, -0.2) is 9.97 Å². The van der Waals surface area contributed by atoms with E-state index in [2.05, 4.69) is 68.8 Å². The molecule has 0 amide bonds. The van der Waals surface area contributed by atoms with Crippen molar-refractivity contribution >= 4 is 34.0 Å². The fourth-order valence-corrected chi connectivity index (χ4v) is 4.12. The number of fused-ring (bicyclic) bond motifs is 3. The van der Waals surface area contributed by atoms with Gasteiger partial charge in [-0.15, -0.1) is 0 Å². The van der Waals surface area contributed by atoms with Gasteiger partial charge in [0.2, 0.25) is 5.95 Å². The molecule has 0 aliphatic carbocycles. The van der Waals surface area contributed by atoms with Crippen molar-refractivity contribution in [3.05, 3.63) is 54.5 Å². The molecule has 1 fully saturated rings. The highest BCUT2D eigenvalue weighted by molar-refractivity contribution is 5.80. The van der Waals surface area contributed by atoms with Crippen LogP contribution < -0.4 is 10.2 Å². The summed E-state index contributed by atoms with van der Waals surface area (Å²) in [6, 6.07) is 12.6. The first-order valence-corrected chi connectivity index (χ1v) is 10.4. The third-order valence-corrected chi connectivity index (χ3v) is 5.68. The normalized spacial score (nSPS) is 14.8. The molecule has 4 aromatic rings. The Hall–Kier alpha value is -3.15. The van der Waals surface area contributed by atoms with E-state index in [1.54, 1.807) is 0 Å². The molecule has 0 saturated carbocycles.